The number of hydrogen-bond donors (Lipinski definition) is 2. The highest BCUT2D eigenvalue weighted by atomic mass is 16.3. The molecule has 0 aromatic heterocycles. The number of rotatable bonds is 4. The van der Waals surface area contributed by atoms with E-state index in [-0.39, 0.29) is 6.10 Å². The van der Waals surface area contributed by atoms with E-state index in [1.54, 1.807) is 0 Å². The van der Waals surface area contributed by atoms with Crippen molar-refractivity contribution in [3.8, 4) is 0 Å². The summed E-state index contributed by atoms with van der Waals surface area (Å²) in [5.74, 6) is 0.450. The summed E-state index contributed by atoms with van der Waals surface area (Å²) in [5.41, 5.74) is 0. The van der Waals surface area contributed by atoms with Crippen LogP contribution in [-0.2, 0) is 0 Å². The fourth-order valence-corrected chi connectivity index (χ4v) is 2.03. The highest BCUT2D eigenvalue weighted by molar-refractivity contribution is 4.83. The Hall–Kier alpha value is -0.0800. The van der Waals surface area contributed by atoms with Gasteiger partial charge in [0.05, 0.1) is 6.10 Å². The highest BCUT2D eigenvalue weighted by Gasteiger charge is 2.26. The van der Waals surface area contributed by atoms with E-state index < -0.39 is 0 Å². The molecule has 0 bridgehead atoms. The van der Waals surface area contributed by atoms with Gasteiger partial charge in [0.1, 0.15) is 0 Å². The SMILES string of the molecule is CCCC(C)C(O)C1CCCN1. The van der Waals surface area contributed by atoms with Crippen LogP contribution in [0.5, 0.6) is 0 Å². The second kappa shape index (κ2) is 4.83. The van der Waals surface area contributed by atoms with Crippen LogP contribution in [0.1, 0.15) is 39.5 Å². The molecule has 72 valence electrons. The van der Waals surface area contributed by atoms with E-state index in [2.05, 4.69) is 19.2 Å². The molecule has 1 aliphatic rings. The quantitative estimate of drug-likeness (QED) is 0.672. The third-order valence-electron chi connectivity index (χ3n) is 2.84. The molecule has 2 heteroatoms. The summed E-state index contributed by atoms with van der Waals surface area (Å²) < 4.78 is 0. The van der Waals surface area contributed by atoms with E-state index in [0.717, 1.165) is 19.4 Å². The molecule has 2 N–H and O–H groups in total. The Morgan fingerprint density at radius 3 is 2.83 bits per heavy atom. The standard InChI is InChI=1S/C10H21NO/c1-3-5-8(2)10(12)9-6-4-7-11-9/h8-12H,3-7H2,1-2H3. The van der Waals surface area contributed by atoms with Gasteiger partial charge in [-0.2, -0.15) is 0 Å². The third-order valence-corrected chi connectivity index (χ3v) is 2.84. The number of hydrogen-bond acceptors (Lipinski definition) is 2. The fourth-order valence-electron chi connectivity index (χ4n) is 2.03. The second-order valence-electron chi connectivity index (χ2n) is 3.96. The first kappa shape index (κ1) is 10.0. The maximum atomic E-state index is 9.89. The first-order valence-electron chi connectivity index (χ1n) is 5.17. The van der Waals surface area contributed by atoms with Crippen LogP contribution in [0.4, 0.5) is 0 Å². The van der Waals surface area contributed by atoms with Crippen molar-refractivity contribution < 1.29 is 5.11 Å². The van der Waals surface area contributed by atoms with E-state index in [1.807, 2.05) is 0 Å². The van der Waals surface area contributed by atoms with Crippen LogP contribution in [0.2, 0.25) is 0 Å². The topological polar surface area (TPSA) is 32.3 Å². The zero-order chi connectivity index (χ0) is 8.97. The lowest BCUT2D eigenvalue weighted by Gasteiger charge is -2.24. The van der Waals surface area contributed by atoms with Gasteiger partial charge in [0.25, 0.3) is 0 Å². The Bertz CT molecular complexity index is 121. The largest absolute Gasteiger partial charge is 0.391 e. The minimum atomic E-state index is -0.132. The average molecular weight is 171 g/mol. The van der Waals surface area contributed by atoms with E-state index in [0.29, 0.717) is 12.0 Å². The van der Waals surface area contributed by atoms with Crippen LogP contribution in [-0.4, -0.2) is 23.8 Å². The van der Waals surface area contributed by atoms with Crippen LogP contribution >= 0.6 is 0 Å². The van der Waals surface area contributed by atoms with Gasteiger partial charge in [0.2, 0.25) is 0 Å². The zero-order valence-corrected chi connectivity index (χ0v) is 8.21. The maximum Gasteiger partial charge on any atom is 0.0718 e. The molecule has 0 saturated carbocycles. The summed E-state index contributed by atoms with van der Waals surface area (Å²) in [6.45, 7) is 5.40. The van der Waals surface area contributed by atoms with Gasteiger partial charge in [-0.25, -0.2) is 0 Å². The smallest absolute Gasteiger partial charge is 0.0718 e. The monoisotopic (exact) mass is 171 g/mol. The molecule has 0 amide bonds. The molecule has 0 aliphatic carbocycles. The van der Waals surface area contributed by atoms with Crippen molar-refractivity contribution in [3.05, 3.63) is 0 Å². The molecule has 1 fully saturated rings. The predicted molar refractivity (Wildman–Crippen MR) is 51.1 cm³/mol. The lowest BCUT2D eigenvalue weighted by atomic mass is 9.93. The van der Waals surface area contributed by atoms with Gasteiger partial charge in [-0.15, -0.1) is 0 Å². The van der Waals surface area contributed by atoms with Gasteiger partial charge >= 0.3 is 0 Å². The first-order chi connectivity index (χ1) is 5.75. The Morgan fingerprint density at radius 1 is 1.58 bits per heavy atom. The normalized spacial score (nSPS) is 28.8. The Labute approximate surface area is 75.4 Å². The van der Waals surface area contributed by atoms with Crippen LogP contribution in [0.25, 0.3) is 0 Å². The number of nitrogens with one attached hydrogen (secondary N) is 1. The van der Waals surface area contributed by atoms with E-state index in [9.17, 15) is 5.11 Å². The van der Waals surface area contributed by atoms with Crippen LogP contribution < -0.4 is 5.32 Å². The molecule has 1 heterocycles. The van der Waals surface area contributed by atoms with Crippen LogP contribution in [0.15, 0.2) is 0 Å². The van der Waals surface area contributed by atoms with Gasteiger partial charge in [0.15, 0.2) is 0 Å². The van der Waals surface area contributed by atoms with Crippen molar-refractivity contribution >= 4 is 0 Å². The predicted octanol–water partition coefficient (Wildman–Crippen LogP) is 1.54. The van der Waals surface area contributed by atoms with Crippen molar-refractivity contribution in [2.75, 3.05) is 6.54 Å². The summed E-state index contributed by atoms with van der Waals surface area (Å²) in [5, 5.41) is 13.2. The summed E-state index contributed by atoms with van der Waals surface area (Å²) in [6, 6.07) is 0.367. The molecular formula is C10H21NO. The average Bonchev–Trinajstić information content (AvgIpc) is 2.55. The van der Waals surface area contributed by atoms with E-state index in [1.165, 1.54) is 12.8 Å². The van der Waals surface area contributed by atoms with Gasteiger partial charge in [-0.05, 0) is 31.7 Å². The molecule has 1 saturated heterocycles. The Morgan fingerprint density at radius 2 is 2.33 bits per heavy atom. The molecule has 1 rings (SSSR count). The van der Waals surface area contributed by atoms with Gasteiger partial charge < -0.3 is 10.4 Å². The Kier molecular flexibility index (Phi) is 4.02. The summed E-state index contributed by atoms with van der Waals surface area (Å²) >= 11 is 0. The summed E-state index contributed by atoms with van der Waals surface area (Å²) in [7, 11) is 0. The minimum absolute atomic E-state index is 0.132. The minimum Gasteiger partial charge on any atom is -0.391 e. The van der Waals surface area contributed by atoms with Gasteiger partial charge in [-0.1, -0.05) is 20.3 Å². The highest BCUT2D eigenvalue weighted by Crippen LogP contribution is 2.18. The molecule has 0 radical (unpaired) electrons. The van der Waals surface area contributed by atoms with E-state index in [4.69, 9.17) is 0 Å². The van der Waals surface area contributed by atoms with Crippen molar-refractivity contribution in [1.82, 2.24) is 5.32 Å². The fraction of sp³-hybridized carbons (Fsp3) is 1.00. The molecule has 0 aromatic carbocycles. The van der Waals surface area contributed by atoms with E-state index >= 15 is 0 Å². The van der Waals surface area contributed by atoms with Crippen molar-refractivity contribution in [2.24, 2.45) is 5.92 Å². The maximum absolute atomic E-state index is 9.89. The molecular weight excluding hydrogens is 150 g/mol. The third kappa shape index (κ3) is 2.46. The van der Waals surface area contributed by atoms with Crippen molar-refractivity contribution in [1.29, 1.82) is 0 Å². The van der Waals surface area contributed by atoms with Gasteiger partial charge in [0, 0.05) is 6.04 Å². The molecule has 3 unspecified atom stereocenters. The molecule has 3 atom stereocenters. The van der Waals surface area contributed by atoms with Crippen LogP contribution in [0, 0.1) is 5.92 Å². The molecule has 2 nitrogen and oxygen atoms in total. The Balaban J connectivity index is 2.29. The van der Waals surface area contributed by atoms with Gasteiger partial charge in [-0.3, -0.25) is 0 Å². The van der Waals surface area contributed by atoms with Crippen molar-refractivity contribution in [2.45, 2.75) is 51.7 Å². The second-order valence-corrected chi connectivity index (χ2v) is 3.96. The molecule has 12 heavy (non-hydrogen) atoms. The molecule has 0 spiro atoms. The zero-order valence-electron chi connectivity index (χ0n) is 8.21. The molecule has 0 aromatic rings. The lowest BCUT2D eigenvalue weighted by Crippen LogP contribution is -2.38. The number of aliphatic hydroxyl groups excluding tert-OH is 1. The van der Waals surface area contributed by atoms with Crippen molar-refractivity contribution in [3.63, 3.8) is 0 Å². The number of aliphatic hydroxyl groups is 1. The first-order valence-corrected chi connectivity index (χ1v) is 5.17. The lowest BCUT2D eigenvalue weighted by molar-refractivity contribution is 0.0785. The summed E-state index contributed by atoms with van der Waals surface area (Å²) in [6.07, 6.45) is 4.55. The van der Waals surface area contributed by atoms with Crippen LogP contribution in [0.3, 0.4) is 0 Å². The summed E-state index contributed by atoms with van der Waals surface area (Å²) in [4.78, 5) is 0. The molecule has 1 aliphatic heterocycles.